The Hall–Kier alpha value is -5.80. The van der Waals surface area contributed by atoms with Crippen LogP contribution in [0.4, 0.5) is 0 Å². The van der Waals surface area contributed by atoms with Gasteiger partial charge in [-0.1, -0.05) is 126 Å². The van der Waals surface area contributed by atoms with Gasteiger partial charge in [0.15, 0.2) is 0 Å². The first kappa shape index (κ1) is 38.9. The van der Waals surface area contributed by atoms with Crippen molar-refractivity contribution in [2.24, 2.45) is 0 Å². The Morgan fingerprint density at radius 3 is 0.836 bits per heavy atom. The van der Waals surface area contributed by atoms with Crippen LogP contribution in [0.5, 0.6) is 0 Å². The Morgan fingerprint density at radius 2 is 0.564 bits per heavy atom. The maximum atomic E-state index is 4.75. The van der Waals surface area contributed by atoms with Crippen LogP contribution in [-0.4, -0.2) is 15.0 Å². The van der Waals surface area contributed by atoms with Crippen LogP contribution in [-0.2, 0) is 20.1 Å². The number of aromatic nitrogens is 3. The molecule has 0 aliphatic heterocycles. The Morgan fingerprint density at radius 1 is 0.291 bits per heavy atom. The van der Waals surface area contributed by atoms with E-state index >= 15 is 0 Å². The Balaban J connectivity index is 0.000000139. The number of aryl methyl sites for hydroxylation is 6. The minimum absolute atomic E-state index is 0. The van der Waals surface area contributed by atoms with Crippen molar-refractivity contribution in [3.05, 3.63) is 197 Å². The second-order valence-corrected chi connectivity index (χ2v) is 14.1. The molecule has 0 fully saturated rings. The third-order valence-corrected chi connectivity index (χ3v) is 9.79. The largest absolute Gasteiger partial charge is 0.248 e. The van der Waals surface area contributed by atoms with Crippen LogP contribution < -0.4 is 0 Å². The van der Waals surface area contributed by atoms with Crippen LogP contribution >= 0.6 is 0 Å². The van der Waals surface area contributed by atoms with Gasteiger partial charge >= 0.3 is 0 Å². The molecule has 3 aromatic heterocycles. The monoisotopic (exact) mass is 892 g/mol. The van der Waals surface area contributed by atoms with E-state index in [1.807, 2.05) is 0 Å². The van der Waals surface area contributed by atoms with Gasteiger partial charge in [-0.15, -0.1) is 0 Å². The summed E-state index contributed by atoms with van der Waals surface area (Å²) in [5, 5.41) is 3.69. The molecule has 0 unspecified atom stereocenters. The van der Waals surface area contributed by atoms with Crippen molar-refractivity contribution in [3.63, 3.8) is 0 Å². The summed E-state index contributed by atoms with van der Waals surface area (Å²) in [5.41, 5.74) is 17.5. The molecule has 9 aromatic rings. The molecule has 0 aliphatic carbocycles. The van der Waals surface area contributed by atoms with E-state index in [4.69, 9.17) is 15.0 Å². The number of benzene rings is 6. The maximum Gasteiger partial charge on any atom is 0.0712 e. The van der Waals surface area contributed by atoms with Crippen molar-refractivity contribution < 1.29 is 20.1 Å². The molecule has 4 heteroatoms. The third-order valence-electron chi connectivity index (χ3n) is 9.79. The van der Waals surface area contributed by atoms with Gasteiger partial charge in [-0.05, 0) is 113 Å². The average molecular weight is 892 g/mol. The molecule has 0 atom stereocenters. The average Bonchev–Trinajstić information content (AvgIpc) is 3.18. The van der Waals surface area contributed by atoms with Gasteiger partial charge in [-0.2, -0.15) is 0 Å². The SMILES string of the molecule is Cc1cccc(-c2ccc3c(C)cccc3n2)c1.Cc1cccc(-c2ccc3c(C)cccc3n2)c1.Cc1cccc(-c2ccc3c(C)cccc3n2)c1.[Ir]. The van der Waals surface area contributed by atoms with E-state index in [0.29, 0.717) is 0 Å². The smallest absolute Gasteiger partial charge is 0.0712 e. The molecule has 0 bridgehead atoms. The van der Waals surface area contributed by atoms with Crippen molar-refractivity contribution in [2.75, 3.05) is 0 Å². The van der Waals surface area contributed by atoms with Crippen LogP contribution in [0.1, 0.15) is 33.4 Å². The summed E-state index contributed by atoms with van der Waals surface area (Å²) in [7, 11) is 0. The van der Waals surface area contributed by atoms with Gasteiger partial charge in [-0.25, -0.2) is 15.0 Å². The minimum Gasteiger partial charge on any atom is -0.248 e. The first-order valence-corrected chi connectivity index (χ1v) is 18.5. The van der Waals surface area contributed by atoms with Gasteiger partial charge in [0.2, 0.25) is 0 Å². The zero-order valence-corrected chi connectivity index (χ0v) is 34.7. The summed E-state index contributed by atoms with van der Waals surface area (Å²) in [4.78, 5) is 14.2. The quantitative estimate of drug-likeness (QED) is 0.177. The van der Waals surface area contributed by atoms with E-state index < -0.39 is 0 Å². The molecule has 3 nitrogen and oxygen atoms in total. The van der Waals surface area contributed by atoms with Gasteiger partial charge in [-0.3, -0.25) is 0 Å². The Bertz CT molecular complexity index is 2450. The molecule has 0 saturated heterocycles. The van der Waals surface area contributed by atoms with Gasteiger partial charge < -0.3 is 0 Å². The number of pyridine rings is 3. The molecule has 273 valence electrons. The zero-order chi connectivity index (χ0) is 37.6. The zero-order valence-electron chi connectivity index (χ0n) is 32.3. The molecule has 9 rings (SSSR count). The number of hydrogen-bond acceptors (Lipinski definition) is 3. The van der Waals surface area contributed by atoms with Crippen molar-refractivity contribution in [1.29, 1.82) is 0 Å². The molecule has 0 amide bonds. The molecule has 0 spiro atoms. The summed E-state index contributed by atoms with van der Waals surface area (Å²) in [6.45, 7) is 12.7. The normalized spacial score (nSPS) is 10.6. The molecular formula is C51H45IrN3. The molecule has 1 radical (unpaired) electrons. The summed E-state index contributed by atoms with van der Waals surface area (Å²) in [6.07, 6.45) is 0. The molecule has 3 heterocycles. The fraction of sp³-hybridized carbons (Fsp3) is 0.118. The molecule has 0 aliphatic rings. The van der Waals surface area contributed by atoms with E-state index in [9.17, 15) is 0 Å². The number of fused-ring (bicyclic) bond motifs is 3. The van der Waals surface area contributed by atoms with Gasteiger partial charge in [0.25, 0.3) is 0 Å². The van der Waals surface area contributed by atoms with E-state index in [2.05, 4.69) is 205 Å². The van der Waals surface area contributed by atoms with Gasteiger partial charge in [0.05, 0.1) is 33.6 Å². The predicted octanol–water partition coefficient (Wildman–Crippen LogP) is 13.6. The molecule has 0 saturated carbocycles. The Kier molecular flexibility index (Phi) is 12.4. The Labute approximate surface area is 338 Å². The van der Waals surface area contributed by atoms with Gasteiger partial charge in [0.1, 0.15) is 0 Å². The second-order valence-electron chi connectivity index (χ2n) is 14.1. The summed E-state index contributed by atoms with van der Waals surface area (Å²) in [6, 6.07) is 56.9. The number of rotatable bonds is 3. The van der Waals surface area contributed by atoms with Crippen molar-refractivity contribution in [1.82, 2.24) is 15.0 Å². The van der Waals surface area contributed by atoms with Crippen LogP contribution in [0.3, 0.4) is 0 Å². The predicted molar refractivity (Wildman–Crippen MR) is 230 cm³/mol. The molecule has 6 aromatic carbocycles. The maximum absolute atomic E-state index is 4.75. The second kappa shape index (κ2) is 17.6. The van der Waals surface area contributed by atoms with E-state index in [-0.39, 0.29) is 20.1 Å². The summed E-state index contributed by atoms with van der Waals surface area (Å²) in [5.74, 6) is 0. The molecule has 55 heavy (non-hydrogen) atoms. The van der Waals surface area contributed by atoms with E-state index in [1.54, 1.807) is 0 Å². The first-order chi connectivity index (χ1) is 26.2. The van der Waals surface area contributed by atoms with Crippen molar-refractivity contribution in [2.45, 2.75) is 41.5 Å². The fourth-order valence-corrected chi connectivity index (χ4v) is 6.82. The van der Waals surface area contributed by atoms with Crippen LogP contribution in [0, 0.1) is 41.5 Å². The van der Waals surface area contributed by atoms with E-state index in [0.717, 1.165) is 33.6 Å². The van der Waals surface area contributed by atoms with Crippen molar-refractivity contribution >= 4 is 32.7 Å². The van der Waals surface area contributed by atoms with Crippen LogP contribution in [0.15, 0.2) is 164 Å². The van der Waals surface area contributed by atoms with Crippen molar-refractivity contribution in [3.8, 4) is 33.8 Å². The van der Waals surface area contributed by atoms with Gasteiger partial charge in [0, 0.05) is 53.0 Å². The number of nitrogens with zero attached hydrogens (tertiary/aromatic N) is 3. The molecule has 0 N–H and O–H groups in total. The summed E-state index contributed by atoms with van der Waals surface area (Å²) >= 11 is 0. The van der Waals surface area contributed by atoms with Crippen LogP contribution in [0.25, 0.3) is 66.5 Å². The van der Waals surface area contributed by atoms with E-state index in [1.165, 1.54) is 66.2 Å². The standard InChI is InChI=1S/3C17H15N.Ir/c3*1-12-5-3-7-14(11-12)16-10-9-15-13(2)6-4-8-17(15)18-16;/h3*3-11H,1-2H3;. The van der Waals surface area contributed by atoms with Crippen LogP contribution in [0.2, 0.25) is 0 Å². The topological polar surface area (TPSA) is 38.7 Å². The number of hydrogen-bond donors (Lipinski definition) is 0. The fourth-order valence-electron chi connectivity index (χ4n) is 6.82. The first-order valence-electron chi connectivity index (χ1n) is 18.5. The summed E-state index contributed by atoms with van der Waals surface area (Å²) < 4.78 is 0. The minimum atomic E-state index is 0. The third kappa shape index (κ3) is 9.30. The molecular weight excluding hydrogens is 847 g/mol.